The number of halogens is 4. The van der Waals surface area contributed by atoms with Crippen LogP contribution >= 0.6 is 0 Å². The maximum atomic E-state index is 14.3. The van der Waals surface area contributed by atoms with E-state index in [9.17, 15) is 17.6 Å². The van der Waals surface area contributed by atoms with Crippen molar-refractivity contribution in [3.63, 3.8) is 0 Å². The monoisotopic (exact) mass is 399 g/mol. The molecule has 3 aromatic carbocycles. The number of hydrogen-bond acceptors (Lipinski definition) is 2. The lowest BCUT2D eigenvalue weighted by molar-refractivity contribution is 0.534. The second-order valence-electron chi connectivity index (χ2n) is 6.80. The van der Waals surface area contributed by atoms with Crippen LogP contribution in [0.5, 0.6) is 0 Å². The Hall–Kier alpha value is -3.35. The molecule has 0 saturated heterocycles. The zero-order valence-corrected chi connectivity index (χ0v) is 15.5. The maximum absolute atomic E-state index is 14.3. The zero-order chi connectivity index (χ0) is 20.5. The van der Waals surface area contributed by atoms with Gasteiger partial charge in [0.05, 0.1) is 5.52 Å². The lowest BCUT2D eigenvalue weighted by atomic mass is 10.1. The fourth-order valence-corrected chi connectivity index (χ4v) is 3.32. The van der Waals surface area contributed by atoms with Gasteiger partial charge in [0, 0.05) is 48.5 Å². The highest BCUT2D eigenvalue weighted by atomic mass is 19.1. The summed E-state index contributed by atoms with van der Waals surface area (Å²) in [6, 6.07) is 12.4. The molecule has 1 aromatic heterocycles. The standard InChI is InChI=1S/C22H17F4N3/c1-28-11-14-10-15(8-9-22(14)27-28)29(12-16-18(23)4-2-5-19(16)24)13-17-20(25)6-3-7-21(17)26/h2-11H,12-13H2,1H3. The number of nitrogens with zero attached hydrogens (tertiary/aromatic N) is 3. The molecule has 0 unspecified atom stereocenters. The van der Waals surface area contributed by atoms with Crippen molar-refractivity contribution in [2.45, 2.75) is 13.1 Å². The molecule has 4 aromatic rings. The molecule has 148 valence electrons. The van der Waals surface area contributed by atoms with E-state index in [1.807, 2.05) is 0 Å². The Kier molecular flexibility index (Phi) is 4.96. The van der Waals surface area contributed by atoms with Gasteiger partial charge in [-0.15, -0.1) is 0 Å². The van der Waals surface area contributed by atoms with E-state index in [0.717, 1.165) is 35.2 Å². The van der Waals surface area contributed by atoms with E-state index >= 15 is 0 Å². The SMILES string of the molecule is Cn1cc2cc(N(Cc3c(F)cccc3F)Cc3c(F)cccc3F)ccc2n1. The van der Waals surface area contributed by atoms with Crippen molar-refractivity contribution in [1.82, 2.24) is 9.78 Å². The molecule has 0 radical (unpaired) electrons. The lowest BCUT2D eigenvalue weighted by Crippen LogP contribution is -2.24. The summed E-state index contributed by atoms with van der Waals surface area (Å²) >= 11 is 0. The summed E-state index contributed by atoms with van der Waals surface area (Å²) in [4.78, 5) is 1.54. The van der Waals surface area contributed by atoms with Gasteiger partial charge < -0.3 is 4.90 Å². The zero-order valence-electron chi connectivity index (χ0n) is 15.5. The first kappa shape index (κ1) is 19.0. The molecular formula is C22H17F4N3. The van der Waals surface area contributed by atoms with Crippen LogP contribution in [0.4, 0.5) is 23.2 Å². The Morgan fingerprint density at radius 2 is 1.31 bits per heavy atom. The van der Waals surface area contributed by atoms with Crippen molar-refractivity contribution in [2.75, 3.05) is 4.90 Å². The van der Waals surface area contributed by atoms with E-state index in [2.05, 4.69) is 5.10 Å². The first-order valence-corrected chi connectivity index (χ1v) is 8.96. The highest BCUT2D eigenvalue weighted by molar-refractivity contribution is 5.82. The Morgan fingerprint density at radius 1 is 0.793 bits per heavy atom. The van der Waals surface area contributed by atoms with E-state index in [0.29, 0.717) is 5.69 Å². The summed E-state index contributed by atoms with van der Waals surface area (Å²) in [5.41, 5.74) is 0.965. The van der Waals surface area contributed by atoms with Crippen molar-refractivity contribution >= 4 is 16.6 Å². The largest absolute Gasteiger partial charge is 0.362 e. The molecule has 0 N–H and O–H groups in total. The van der Waals surface area contributed by atoms with E-state index in [4.69, 9.17) is 0 Å². The van der Waals surface area contributed by atoms with Gasteiger partial charge in [0.1, 0.15) is 23.3 Å². The van der Waals surface area contributed by atoms with Crippen molar-refractivity contribution < 1.29 is 17.6 Å². The fourth-order valence-electron chi connectivity index (χ4n) is 3.32. The summed E-state index contributed by atoms with van der Waals surface area (Å²) in [6.45, 7) is -0.393. The van der Waals surface area contributed by atoms with Crippen LogP contribution in [0.3, 0.4) is 0 Å². The summed E-state index contributed by atoms with van der Waals surface area (Å²) in [5, 5.41) is 5.10. The topological polar surface area (TPSA) is 21.1 Å². The smallest absolute Gasteiger partial charge is 0.131 e. The molecular weight excluding hydrogens is 382 g/mol. The van der Waals surface area contributed by atoms with Crippen molar-refractivity contribution in [3.8, 4) is 0 Å². The molecule has 0 aliphatic rings. The minimum absolute atomic E-state index is 0.171. The average molecular weight is 399 g/mol. The molecule has 3 nitrogen and oxygen atoms in total. The van der Waals surface area contributed by atoms with Gasteiger partial charge in [-0.2, -0.15) is 5.10 Å². The van der Waals surface area contributed by atoms with Gasteiger partial charge in [0.2, 0.25) is 0 Å². The molecule has 0 amide bonds. The van der Waals surface area contributed by atoms with Crippen LogP contribution in [0.25, 0.3) is 10.9 Å². The van der Waals surface area contributed by atoms with Gasteiger partial charge in [0.15, 0.2) is 0 Å². The molecule has 0 aliphatic heterocycles. The number of benzene rings is 3. The van der Waals surface area contributed by atoms with E-state index in [1.165, 1.54) is 17.0 Å². The van der Waals surface area contributed by atoms with Crippen LogP contribution in [-0.4, -0.2) is 9.78 Å². The first-order chi connectivity index (χ1) is 13.9. The number of rotatable bonds is 5. The number of fused-ring (bicyclic) bond motifs is 1. The molecule has 0 spiro atoms. The van der Waals surface area contributed by atoms with E-state index in [1.54, 1.807) is 36.1 Å². The second-order valence-corrected chi connectivity index (χ2v) is 6.80. The first-order valence-electron chi connectivity index (χ1n) is 8.96. The summed E-state index contributed by atoms with van der Waals surface area (Å²) < 4.78 is 58.7. The highest BCUT2D eigenvalue weighted by Crippen LogP contribution is 2.27. The summed E-state index contributed by atoms with van der Waals surface area (Å²) in [6.07, 6.45) is 1.80. The number of hydrogen-bond donors (Lipinski definition) is 0. The van der Waals surface area contributed by atoms with Gasteiger partial charge >= 0.3 is 0 Å². The Morgan fingerprint density at radius 3 is 1.83 bits per heavy atom. The highest BCUT2D eigenvalue weighted by Gasteiger charge is 2.19. The van der Waals surface area contributed by atoms with E-state index < -0.39 is 23.3 Å². The van der Waals surface area contributed by atoms with Crippen LogP contribution in [0.15, 0.2) is 60.8 Å². The third-order valence-corrected chi connectivity index (χ3v) is 4.79. The molecule has 29 heavy (non-hydrogen) atoms. The molecule has 1 heterocycles. The van der Waals surface area contributed by atoms with E-state index in [-0.39, 0.29) is 24.2 Å². The minimum atomic E-state index is -0.716. The van der Waals surface area contributed by atoms with Crippen molar-refractivity contribution in [3.05, 3.63) is 95.2 Å². The van der Waals surface area contributed by atoms with Crippen molar-refractivity contribution in [1.29, 1.82) is 0 Å². The quantitative estimate of drug-likeness (QED) is 0.423. The molecule has 4 rings (SSSR count). The van der Waals surface area contributed by atoms with Crippen LogP contribution < -0.4 is 4.90 Å². The van der Waals surface area contributed by atoms with Gasteiger partial charge in [-0.25, -0.2) is 17.6 Å². The normalized spacial score (nSPS) is 11.2. The molecule has 0 aliphatic carbocycles. The number of aromatic nitrogens is 2. The molecule has 7 heteroatoms. The fraction of sp³-hybridized carbons (Fsp3) is 0.136. The average Bonchev–Trinajstić information content (AvgIpc) is 3.05. The third kappa shape index (κ3) is 3.81. The Bertz CT molecular complexity index is 1090. The van der Waals surface area contributed by atoms with Crippen LogP contribution in [0.2, 0.25) is 0 Å². The number of aryl methyl sites for hydroxylation is 1. The lowest BCUT2D eigenvalue weighted by Gasteiger charge is -2.26. The molecule has 0 atom stereocenters. The van der Waals surface area contributed by atoms with Crippen LogP contribution in [-0.2, 0) is 20.1 Å². The van der Waals surface area contributed by atoms with Crippen LogP contribution in [0.1, 0.15) is 11.1 Å². The Labute approximate surface area is 164 Å². The summed E-state index contributed by atoms with van der Waals surface area (Å²) in [7, 11) is 1.78. The Balaban J connectivity index is 1.79. The van der Waals surface area contributed by atoms with Crippen molar-refractivity contribution in [2.24, 2.45) is 7.05 Å². The second kappa shape index (κ2) is 7.58. The predicted molar refractivity (Wildman–Crippen MR) is 103 cm³/mol. The third-order valence-electron chi connectivity index (χ3n) is 4.79. The predicted octanol–water partition coefficient (Wildman–Crippen LogP) is 5.34. The van der Waals surface area contributed by atoms with Gasteiger partial charge in [-0.1, -0.05) is 12.1 Å². The molecule has 0 bridgehead atoms. The molecule has 0 saturated carbocycles. The van der Waals surface area contributed by atoms with Gasteiger partial charge in [-0.05, 0) is 42.5 Å². The summed E-state index contributed by atoms with van der Waals surface area (Å²) in [5.74, 6) is -2.86. The minimum Gasteiger partial charge on any atom is -0.362 e. The number of anilines is 1. The molecule has 0 fully saturated rings. The van der Waals surface area contributed by atoms with Crippen LogP contribution in [0, 0.1) is 23.3 Å². The van der Waals surface area contributed by atoms with Gasteiger partial charge in [0.25, 0.3) is 0 Å². The van der Waals surface area contributed by atoms with Gasteiger partial charge in [-0.3, -0.25) is 4.68 Å². The maximum Gasteiger partial charge on any atom is 0.131 e.